The molecule has 0 N–H and O–H groups in total. The maximum absolute atomic E-state index is 12.5. The Balaban J connectivity index is 1.79. The van der Waals surface area contributed by atoms with Crippen molar-refractivity contribution in [2.75, 3.05) is 0 Å². The number of hydrogen-bond acceptors (Lipinski definition) is 4. The van der Waals surface area contributed by atoms with Crippen LogP contribution in [0, 0.1) is 0 Å². The molecule has 0 saturated carbocycles. The van der Waals surface area contributed by atoms with Gasteiger partial charge in [0.2, 0.25) is 0 Å². The van der Waals surface area contributed by atoms with Crippen molar-refractivity contribution in [2.45, 2.75) is 45.0 Å². The normalized spacial score (nSPS) is 16.4. The Morgan fingerprint density at radius 1 is 1.12 bits per heavy atom. The van der Waals surface area contributed by atoms with Crippen LogP contribution < -0.4 is 0 Å². The maximum atomic E-state index is 12.5. The molecule has 2 aromatic rings. The van der Waals surface area contributed by atoms with Gasteiger partial charge in [-0.1, -0.05) is 46.9 Å². The van der Waals surface area contributed by atoms with Gasteiger partial charge in [-0.25, -0.2) is 4.79 Å². The predicted molar refractivity (Wildman–Crippen MR) is 105 cm³/mol. The van der Waals surface area contributed by atoms with E-state index in [4.69, 9.17) is 4.74 Å². The Kier molecular flexibility index (Phi) is 5.49. The van der Waals surface area contributed by atoms with Crippen molar-refractivity contribution in [1.29, 1.82) is 0 Å². The number of carbonyl (C=O) groups is 1. The molecule has 0 spiro atoms. The Hall–Kier alpha value is -2.11. The van der Waals surface area contributed by atoms with Crippen LogP contribution >= 0.6 is 0 Å². The fraction of sp³-hybridized carbons (Fsp3) is 0.333. The summed E-state index contributed by atoms with van der Waals surface area (Å²) in [6.45, 7) is 5.96. The van der Waals surface area contributed by atoms with E-state index in [1.165, 1.54) is 0 Å². The molecule has 3 rings (SSSR count). The van der Waals surface area contributed by atoms with Gasteiger partial charge in [0.25, 0.3) is 0 Å². The minimum Gasteiger partial charge on any atom is -0.591 e. The summed E-state index contributed by atoms with van der Waals surface area (Å²) in [6, 6.07) is 15.2. The van der Waals surface area contributed by atoms with Gasteiger partial charge in [-0.05, 0) is 50.8 Å². The zero-order valence-corrected chi connectivity index (χ0v) is 16.1. The van der Waals surface area contributed by atoms with E-state index < -0.39 is 16.1 Å². The van der Waals surface area contributed by atoms with Crippen LogP contribution in [0.5, 0.6) is 0 Å². The highest BCUT2D eigenvalue weighted by Crippen LogP contribution is 2.29. The molecular formula is C21H23NO3S. The summed E-state index contributed by atoms with van der Waals surface area (Å²) >= 11 is -1.31. The Morgan fingerprint density at radius 3 is 2.54 bits per heavy atom. The van der Waals surface area contributed by atoms with Crippen molar-refractivity contribution < 1.29 is 14.1 Å². The van der Waals surface area contributed by atoms with Gasteiger partial charge in [0.15, 0.2) is 0 Å². The third-order valence-corrected chi connectivity index (χ3v) is 5.68. The Morgan fingerprint density at radius 2 is 1.85 bits per heavy atom. The molecule has 4 nitrogen and oxygen atoms in total. The summed E-state index contributed by atoms with van der Waals surface area (Å²) in [5.74, 6) is -0.330. The molecule has 0 radical (unpaired) electrons. The number of rotatable bonds is 4. The maximum Gasteiger partial charge on any atom is 0.338 e. The van der Waals surface area contributed by atoms with Crippen molar-refractivity contribution >= 4 is 23.0 Å². The van der Waals surface area contributed by atoms with E-state index in [1.54, 1.807) is 6.07 Å². The number of hydrogen-bond donors (Lipinski definition) is 0. The first kappa shape index (κ1) is 18.7. The van der Waals surface area contributed by atoms with E-state index in [0.717, 1.165) is 22.4 Å². The van der Waals surface area contributed by atoms with Gasteiger partial charge in [-0.3, -0.25) is 0 Å². The summed E-state index contributed by atoms with van der Waals surface area (Å²) in [4.78, 5) is 12.5. The van der Waals surface area contributed by atoms with E-state index in [9.17, 15) is 9.35 Å². The molecule has 0 aromatic heterocycles. The molecule has 136 valence electrons. The van der Waals surface area contributed by atoms with E-state index in [0.29, 0.717) is 18.4 Å². The molecule has 2 aromatic carbocycles. The van der Waals surface area contributed by atoms with E-state index in [2.05, 4.69) is 4.40 Å². The lowest BCUT2D eigenvalue weighted by Crippen LogP contribution is -2.26. The number of fused-ring (bicyclic) bond motifs is 1. The second-order valence-electron chi connectivity index (χ2n) is 7.29. The molecule has 5 heteroatoms. The summed E-state index contributed by atoms with van der Waals surface area (Å²) < 4.78 is 21.8. The summed E-state index contributed by atoms with van der Waals surface area (Å²) in [5.41, 5.74) is 4.19. The molecule has 0 amide bonds. The lowest BCUT2D eigenvalue weighted by molar-refractivity contribution is 0.0471. The SMILES string of the molecule is CC(C)(C)[S@+]([O-])/N=C1\CCc2c(C(=O)OCc3ccccc3)cccc21. The van der Waals surface area contributed by atoms with Crippen LogP contribution in [0.1, 0.15) is 54.2 Å². The molecule has 0 saturated heterocycles. The third-order valence-electron chi connectivity index (χ3n) is 4.25. The van der Waals surface area contributed by atoms with E-state index in [1.807, 2.05) is 63.2 Å². The number of benzene rings is 2. The molecule has 1 aliphatic carbocycles. The topological polar surface area (TPSA) is 61.7 Å². The van der Waals surface area contributed by atoms with Crippen LogP contribution in [0.3, 0.4) is 0 Å². The van der Waals surface area contributed by atoms with Crippen LogP contribution in [-0.4, -0.2) is 21.0 Å². The lowest BCUT2D eigenvalue weighted by atomic mass is 10.0. The van der Waals surface area contributed by atoms with Crippen LogP contribution in [-0.2, 0) is 29.1 Å². The fourth-order valence-corrected chi connectivity index (χ4v) is 3.49. The standard InChI is InChI=1S/C21H23NO3S/c1-21(2,3)26(24)22-19-13-12-16-17(19)10-7-11-18(16)20(23)25-14-15-8-5-4-6-9-15/h4-11H,12-14H2,1-3H3/b22-19+/t26-/m0/s1. The number of ether oxygens (including phenoxy) is 1. The number of nitrogens with zero attached hydrogens (tertiary/aromatic N) is 1. The third kappa shape index (κ3) is 4.17. The highest BCUT2D eigenvalue weighted by molar-refractivity contribution is 7.91. The Bertz CT molecular complexity index is 825. The van der Waals surface area contributed by atoms with Gasteiger partial charge in [0.1, 0.15) is 22.7 Å². The average Bonchev–Trinajstić information content (AvgIpc) is 3.03. The van der Waals surface area contributed by atoms with Crippen molar-refractivity contribution in [3.63, 3.8) is 0 Å². The summed E-state index contributed by atoms with van der Waals surface area (Å²) in [5, 5.41) is 0. The Labute approximate surface area is 157 Å². The second-order valence-corrected chi connectivity index (χ2v) is 9.20. The van der Waals surface area contributed by atoms with Gasteiger partial charge < -0.3 is 9.29 Å². The first-order valence-corrected chi connectivity index (χ1v) is 9.80. The lowest BCUT2D eigenvalue weighted by Gasteiger charge is -2.18. The van der Waals surface area contributed by atoms with Gasteiger partial charge >= 0.3 is 5.97 Å². The second kappa shape index (κ2) is 7.64. The molecule has 1 aliphatic rings. The van der Waals surface area contributed by atoms with E-state index >= 15 is 0 Å². The van der Waals surface area contributed by atoms with E-state index in [-0.39, 0.29) is 12.6 Å². The van der Waals surface area contributed by atoms with Crippen molar-refractivity contribution in [2.24, 2.45) is 4.40 Å². The molecule has 0 fully saturated rings. The largest absolute Gasteiger partial charge is 0.591 e. The van der Waals surface area contributed by atoms with Crippen LogP contribution in [0.2, 0.25) is 0 Å². The smallest absolute Gasteiger partial charge is 0.338 e. The number of esters is 1. The molecule has 0 heterocycles. The summed E-state index contributed by atoms with van der Waals surface area (Å²) in [7, 11) is 0. The van der Waals surface area contributed by atoms with Gasteiger partial charge in [-0.15, -0.1) is 0 Å². The molecule has 0 aliphatic heterocycles. The van der Waals surface area contributed by atoms with Gasteiger partial charge in [0, 0.05) is 5.56 Å². The highest BCUT2D eigenvalue weighted by Gasteiger charge is 2.30. The molecule has 0 bridgehead atoms. The van der Waals surface area contributed by atoms with Crippen LogP contribution in [0.15, 0.2) is 52.9 Å². The molecule has 26 heavy (non-hydrogen) atoms. The molecule has 1 atom stereocenters. The van der Waals surface area contributed by atoms with Gasteiger partial charge in [0.05, 0.1) is 11.3 Å². The fourth-order valence-electron chi connectivity index (χ4n) is 2.83. The quantitative estimate of drug-likeness (QED) is 0.598. The zero-order chi connectivity index (χ0) is 18.7. The van der Waals surface area contributed by atoms with Crippen molar-refractivity contribution in [3.8, 4) is 0 Å². The minimum absolute atomic E-state index is 0.248. The average molecular weight is 369 g/mol. The predicted octanol–water partition coefficient (Wildman–Crippen LogP) is 4.24. The zero-order valence-electron chi connectivity index (χ0n) is 15.3. The first-order chi connectivity index (χ1) is 12.4. The minimum atomic E-state index is -1.31. The number of carbonyl (C=O) groups excluding carboxylic acids is 1. The van der Waals surface area contributed by atoms with Crippen molar-refractivity contribution in [1.82, 2.24) is 0 Å². The summed E-state index contributed by atoms with van der Waals surface area (Å²) in [6.07, 6.45) is 1.41. The van der Waals surface area contributed by atoms with Gasteiger partial charge in [-0.2, -0.15) is 0 Å². The first-order valence-electron chi connectivity index (χ1n) is 8.69. The molecule has 0 unspecified atom stereocenters. The highest BCUT2D eigenvalue weighted by atomic mass is 32.2. The van der Waals surface area contributed by atoms with Crippen molar-refractivity contribution in [3.05, 3.63) is 70.8 Å². The monoisotopic (exact) mass is 369 g/mol. The molecular weight excluding hydrogens is 346 g/mol. The van der Waals surface area contributed by atoms with Crippen LogP contribution in [0.25, 0.3) is 0 Å². The van der Waals surface area contributed by atoms with Crippen LogP contribution in [0.4, 0.5) is 0 Å².